The number of hydrogen-bond donors (Lipinski definition) is 12. The Balaban J connectivity index is 1.32. The molecule has 1 spiro atoms. The molecule has 4 aliphatic heterocycles. The van der Waals surface area contributed by atoms with Crippen molar-refractivity contribution in [1.82, 2.24) is 0 Å². The van der Waals surface area contributed by atoms with Crippen molar-refractivity contribution < 1.29 is 79.3 Å². The highest BCUT2D eigenvalue weighted by Gasteiger charge is 2.66. The van der Waals surface area contributed by atoms with Crippen molar-refractivity contribution in [2.75, 3.05) is 22.1 Å². The van der Waals surface area contributed by atoms with Crippen LogP contribution in [-0.2, 0) is 40.7 Å². The molecule has 3 amide bonds. The first-order valence-electron chi connectivity index (χ1n) is 17.8. The maximum absolute atomic E-state index is 14.8. The molecule has 0 bridgehead atoms. The number of amides is 3. The second-order valence-electron chi connectivity index (χ2n) is 15.0. The summed E-state index contributed by atoms with van der Waals surface area (Å²) in [5.74, 6) is -3.06. The van der Waals surface area contributed by atoms with Crippen LogP contribution in [0.2, 0.25) is 18.6 Å². The number of fused-ring (bicyclic) bond motifs is 2. The number of benzene rings is 2. The first kappa shape index (κ1) is 41.2. The van der Waals surface area contributed by atoms with Crippen molar-refractivity contribution >= 4 is 43.1 Å². The third-order valence-electron chi connectivity index (χ3n) is 10.9. The van der Waals surface area contributed by atoms with E-state index in [1.165, 1.54) is 29.2 Å². The van der Waals surface area contributed by atoms with Gasteiger partial charge >= 0.3 is 0 Å². The van der Waals surface area contributed by atoms with Gasteiger partial charge in [0.2, 0.25) is 0 Å². The maximum atomic E-state index is 14.8. The van der Waals surface area contributed by atoms with Gasteiger partial charge in [0.05, 0.1) is 18.3 Å². The number of carbonyl (C=O) groups excluding carboxylic acids is 3. The van der Waals surface area contributed by atoms with Gasteiger partial charge in [0.25, 0.3) is 17.7 Å². The number of anilines is 3. The number of ether oxygens (including phenoxy) is 3. The van der Waals surface area contributed by atoms with Gasteiger partial charge in [-0.25, -0.2) is 0 Å². The topological polar surface area (TPSA) is 308 Å². The van der Waals surface area contributed by atoms with Crippen LogP contribution in [0.5, 0.6) is 0 Å². The largest absolute Gasteiger partial charge is 0.432 e. The molecule has 0 aromatic heterocycles. The Bertz CT molecular complexity index is 1780. The SMILES string of the molecule is C[C@@H]1[C@@H]([Si](C)(C)O)[C@H](CCO)O[C@@]12C(=O)N(Cc1cccc(NC(=O)[C@H]3O[C@@H](O)[C@H](O)[C@@H](O)[C@@H]3O)c1)c1ccc(NC(=O)[C@H]3O[C@@H](O)[C@H](O)[C@@H](O)[C@@H]3O)cc12. The Morgan fingerprint density at radius 3 is 1.87 bits per heavy atom. The van der Waals surface area contributed by atoms with Gasteiger partial charge in [-0.3, -0.25) is 14.4 Å². The lowest BCUT2D eigenvalue weighted by Gasteiger charge is -2.37. The fourth-order valence-corrected chi connectivity index (χ4v) is 10.8. The molecular weight excluding hydrogens is 746 g/mol. The van der Waals surface area contributed by atoms with Crippen molar-refractivity contribution in [3.05, 3.63) is 53.6 Å². The molecule has 302 valence electrons. The van der Waals surface area contributed by atoms with Gasteiger partial charge < -0.3 is 80.5 Å². The Hall–Kier alpha value is -3.45. The average molecular weight is 794 g/mol. The Morgan fingerprint density at radius 1 is 0.800 bits per heavy atom. The predicted octanol–water partition coefficient (Wildman–Crippen LogP) is -3.11. The lowest BCUT2D eigenvalue weighted by molar-refractivity contribution is -0.274. The summed E-state index contributed by atoms with van der Waals surface area (Å²) < 4.78 is 16.7. The van der Waals surface area contributed by atoms with Gasteiger partial charge in [-0.1, -0.05) is 19.1 Å². The molecule has 12 N–H and O–H groups in total. The zero-order chi connectivity index (χ0) is 40.3. The first-order chi connectivity index (χ1) is 25.8. The third-order valence-corrected chi connectivity index (χ3v) is 13.4. The summed E-state index contributed by atoms with van der Waals surface area (Å²) in [4.78, 5) is 54.0. The minimum Gasteiger partial charge on any atom is -0.432 e. The van der Waals surface area contributed by atoms with Crippen molar-refractivity contribution in [2.24, 2.45) is 5.92 Å². The number of carbonyl (C=O) groups is 3. The van der Waals surface area contributed by atoms with Crippen molar-refractivity contribution in [2.45, 2.75) is 112 Å². The van der Waals surface area contributed by atoms with E-state index in [0.29, 0.717) is 16.8 Å². The normalized spacial score (nSPS) is 37.6. The van der Waals surface area contributed by atoms with Crippen molar-refractivity contribution in [3.63, 3.8) is 0 Å². The summed E-state index contributed by atoms with van der Waals surface area (Å²) in [6.07, 6.45) is -19.2. The van der Waals surface area contributed by atoms with Crippen LogP contribution in [0, 0.1) is 5.92 Å². The Kier molecular flexibility index (Phi) is 11.6. The number of aliphatic hydroxyl groups is 9. The quantitative estimate of drug-likeness (QED) is 0.112. The number of rotatable bonds is 9. The molecule has 20 heteroatoms. The predicted molar refractivity (Wildman–Crippen MR) is 190 cm³/mol. The molecule has 3 fully saturated rings. The van der Waals surface area contributed by atoms with Gasteiger partial charge in [0.15, 0.2) is 38.7 Å². The van der Waals surface area contributed by atoms with Gasteiger partial charge in [-0.2, -0.15) is 0 Å². The Labute approximate surface area is 315 Å². The zero-order valence-corrected chi connectivity index (χ0v) is 31.0. The monoisotopic (exact) mass is 793 g/mol. The third kappa shape index (κ3) is 7.32. The smallest absolute Gasteiger partial charge is 0.264 e. The van der Waals surface area contributed by atoms with E-state index in [0.717, 1.165) is 0 Å². The standard InChI is InChI=1S/C35H47N3O16Si/c1-14-29(55(2,3)51)20(9-10-39)54-35(14)18-12-17(37-31(47)28-24(43)22(41)26(45)33(49)53-28)7-8-19(18)38(34(35)50)13-15-5-4-6-16(11-15)36-30(46)27-23(42)21(40)25(44)32(48)52-27/h4-8,11-12,14,20-29,32-33,39-45,48-49,51H,9-10,13H2,1-3H3,(H,36,46)(H,37,47)/t14-,20+,21+,22+,23+,24+,25-,26-,27+,28+,29-,32-,33-,35+/m1/s1. The van der Waals surface area contributed by atoms with E-state index >= 15 is 0 Å². The highest BCUT2D eigenvalue weighted by atomic mass is 28.4. The maximum Gasteiger partial charge on any atom is 0.264 e. The van der Waals surface area contributed by atoms with Gasteiger partial charge in [0, 0.05) is 35.0 Å². The molecule has 0 unspecified atom stereocenters. The van der Waals surface area contributed by atoms with E-state index in [4.69, 9.17) is 14.2 Å². The van der Waals surface area contributed by atoms with Gasteiger partial charge in [0.1, 0.15) is 36.6 Å². The van der Waals surface area contributed by atoms with Crippen molar-refractivity contribution in [3.8, 4) is 0 Å². The van der Waals surface area contributed by atoms with Crippen LogP contribution < -0.4 is 15.5 Å². The molecule has 2 aromatic rings. The van der Waals surface area contributed by atoms with Crippen LogP contribution in [0.4, 0.5) is 17.1 Å². The summed E-state index contributed by atoms with van der Waals surface area (Å²) in [5.41, 5.74) is -0.735. The molecule has 4 aliphatic rings. The lowest BCUT2D eigenvalue weighted by atomic mass is 9.82. The summed E-state index contributed by atoms with van der Waals surface area (Å²) in [6, 6.07) is 10.8. The highest BCUT2D eigenvalue weighted by molar-refractivity contribution is 6.71. The molecule has 0 saturated carbocycles. The van der Waals surface area contributed by atoms with Gasteiger partial charge in [-0.15, -0.1) is 0 Å². The van der Waals surface area contributed by atoms with E-state index in [-0.39, 0.29) is 30.9 Å². The van der Waals surface area contributed by atoms with E-state index in [2.05, 4.69) is 10.6 Å². The van der Waals surface area contributed by atoms with E-state index in [9.17, 15) is 65.1 Å². The van der Waals surface area contributed by atoms with Crippen LogP contribution in [0.1, 0.15) is 24.5 Å². The summed E-state index contributed by atoms with van der Waals surface area (Å²) in [5, 5.41) is 95.3. The number of nitrogens with one attached hydrogen (secondary N) is 2. The van der Waals surface area contributed by atoms with Crippen LogP contribution >= 0.6 is 0 Å². The van der Waals surface area contributed by atoms with E-state index in [1.54, 1.807) is 38.2 Å². The first-order valence-corrected chi connectivity index (χ1v) is 20.8. The minimum absolute atomic E-state index is 0.0826. The fraction of sp³-hybridized carbons (Fsp3) is 0.571. The molecule has 14 atom stereocenters. The fourth-order valence-electron chi connectivity index (χ4n) is 8.22. The number of aliphatic hydroxyl groups excluding tert-OH is 9. The van der Waals surface area contributed by atoms with Gasteiger partial charge in [-0.05, 0) is 55.4 Å². The molecule has 55 heavy (non-hydrogen) atoms. The van der Waals surface area contributed by atoms with Crippen LogP contribution in [-0.4, -0.2) is 151 Å². The van der Waals surface area contributed by atoms with E-state index in [1.807, 2.05) is 0 Å². The molecule has 6 rings (SSSR count). The number of hydrogen-bond acceptors (Lipinski definition) is 16. The second kappa shape index (κ2) is 15.5. The van der Waals surface area contributed by atoms with Crippen LogP contribution in [0.3, 0.4) is 0 Å². The molecule has 0 radical (unpaired) electrons. The van der Waals surface area contributed by atoms with Crippen LogP contribution in [0.25, 0.3) is 0 Å². The molecular formula is C35H47N3O16Si. The molecule has 4 heterocycles. The van der Waals surface area contributed by atoms with E-state index < -0.39 is 111 Å². The lowest BCUT2D eigenvalue weighted by Crippen LogP contribution is -2.60. The molecule has 19 nitrogen and oxygen atoms in total. The molecule has 2 aromatic carbocycles. The summed E-state index contributed by atoms with van der Waals surface area (Å²) in [6.45, 7) is 4.83. The molecule has 0 aliphatic carbocycles. The Morgan fingerprint density at radius 2 is 1.35 bits per heavy atom. The summed E-state index contributed by atoms with van der Waals surface area (Å²) in [7, 11) is -3.07. The van der Waals surface area contributed by atoms with Crippen LogP contribution in [0.15, 0.2) is 42.5 Å². The molecule has 3 saturated heterocycles. The average Bonchev–Trinajstić information content (AvgIpc) is 3.55. The summed E-state index contributed by atoms with van der Waals surface area (Å²) >= 11 is 0. The minimum atomic E-state index is -3.07. The zero-order valence-electron chi connectivity index (χ0n) is 30.0. The second-order valence-corrected chi connectivity index (χ2v) is 19.0. The number of nitrogens with zero attached hydrogens (tertiary/aromatic N) is 1. The van der Waals surface area contributed by atoms with Crippen molar-refractivity contribution in [1.29, 1.82) is 0 Å². The highest BCUT2D eigenvalue weighted by Crippen LogP contribution is 2.60.